The fourth-order valence-corrected chi connectivity index (χ4v) is 2.18. The number of aromatic nitrogens is 2. The largest absolute Gasteiger partial charge is 0.489 e. The summed E-state index contributed by atoms with van der Waals surface area (Å²) in [6, 6.07) is 10.4. The minimum Gasteiger partial charge on any atom is -0.489 e. The van der Waals surface area contributed by atoms with Crippen molar-refractivity contribution in [2.24, 2.45) is 0 Å². The molecule has 1 aliphatic carbocycles. The molecule has 0 unspecified atom stereocenters. The molecule has 22 heavy (non-hydrogen) atoms. The van der Waals surface area contributed by atoms with Crippen LogP contribution in [-0.4, -0.2) is 22.1 Å². The Morgan fingerprint density at radius 3 is 2.68 bits per heavy atom. The van der Waals surface area contributed by atoms with Crippen molar-refractivity contribution < 1.29 is 4.74 Å². The highest BCUT2D eigenvalue weighted by atomic mass is 16.5. The highest BCUT2D eigenvalue weighted by Crippen LogP contribution is 2.28. The summed E-state index contributed by atoms with van der Waals surface area (Å²) < 4.78 is 5.82. The van der Waals surface area contributed by atoms with E-state index in [0.29, 0.717) is 12.0 Å². The first-order valence-electron chi connectivity index (χ1n) is 7.75. The molecule has 0 atom stereocenters. The zero-order valence-corrected chi connectivity index (χ0v) is 13.3. The molecule has 1 fully saturated rings. The summed E-state index contributed by atoms with van der Waals surface area (Å²) in [5.41, 5.74) is 1.81. The molecule has 5 heteroatoms. The van der Waals surface area contributed by atoms with Gasteiger partial charge in [-0.05, 0) is 45.7 Å². The van der Waals surface area contributed by atoms with E-state index in [9.17, 15) is 0 Å². The third kappa shape index (κ3) is 3.87. The van der Waals surface area contributed by atoms with Crippen molar-refractivity contribution >= 4 is 17.5 Å². The fourth-order valence-electron chi connectivity index (χ4n) is 2.18. The Hall–Kier alpha value is -2.30. The number of hydrogen-bond acceptors (Lipinski definition) is 5. The van der Waals surface area contributed by atoms with Gasteiger partial charge in [0.25, 0.3) is 0 Å². The van der Waals surface area contributed by atoms with Crippen LogP contribution in [0.15, 0.2) is 30.3 Å². The van der Waals surface area contributed by atoms with Gasteiger partial charge in [-0.25, -0.2) is 4.98 Å². The second-order valence-electron chi connectivity index (χ2n) is 5.92. The van der Waals surface area contributed by atoms with Crippen LogP contribution >= 0.6 is 0 Å². The molecule has 1 saturated carbocycles. The Morgan fingerprint density at radius 2 is 1.95 bits per heavy atom. The first kappa shape index (κ1) is 14.6. The Morgan fingerprint density at radius 1 is 1.18 bits per heavy atom. The maximum Gasteiger partial charge on any atom is 0.229 e. The molecule has 0 bridgehead atoms. The summed E-state index contributed by atoms with van der Waals surface area (Å²) in [5.74, 6) is 2.27. The number of aryl methyl sites for hydroxylation is 1. The molecule has 0 amide bonds. The lowest BCUT2D eigenvalue weighted by Crippen LogP contribution is -2.09. The van der Waals surface area contributed by atoms with Gasteiger partial charge in [-0.2, -0.15) is 4.98 Å². The molecule has 0 saturated heterocycles. The maximum absolute atomic E-state index is 5.82. The van der Waals surface area contributed by atoms with E-state index >= 15 is 0 Å². The molecule has 1 aliphatic rings. The maximum atomic E-state index is 5.82. The van der Waals surface area contributed by atoms with E-state index in [-0.39, 0.29) is 6.10 Å². The lowest BCUT2D eigenvalue weighted by Gasteiger charge is -2.15. The normalized spacial score (nSPS) is 14.0. The van der Waals surface area contributed by atoms with Crippen molar-refractivity contribution in [3.63, 3.8) is 0 Å². The van der Waals surface area contributed by atoms with Gasteiger partial charge in [-0.1, -0.05) is 12.1 Å². The fraction of sp³-hybridized carbons (Fsp3) is 0.412. The average molecular weight is 298 g/mol. The number of benzene rings is 1. The van der Waals surface area contributed by atoms with Gasteiger partial charge in [-0.15, -0.1) is 0 Å². The summed E-state index contributed by atoms with van der Waals surface area (Å²) in [6.07, 6.45) is 2.56. The van der Waals surface area contributed by atoms with Crippen LogP contribution in [0.3, 0.4) is 0 Å². The molecule has 2 aromatic rings. The quantitative estimate of drug-likeness (QED) is 0.847. The summed E-state index contributed by atoms with van der Waals surface area (Å²) in [5, 5.41) is 6.67. The summed E-state index contributed by atoms with van der Waals surface area (Å²) in [6.45, 7) is 6.00. The van der Waals surface area contributed by atoms with Gasteiger partial charge in [0.05, 0.1) is 11.8 Å². The van der Waals surface area contributed by atoms with Gasteiger partial charge < -0.3 is 15.4 Å². The van der Waals surface area contributed by atoms with Crippen LogP contribution in [0, 0.1) is 6.92 Å². The van der Waals surface area contributed by atoms with Gasteiger partial charge in [0.15, 0.2) is 0 Å². The number of nitrogens with zero attached hydrogens (tertiary/aromatic N) is 2. The predicted octanol–water partition coefficient (Wildman–Crippen LogP) is 3.89. The first-order chi connectivity index (χ1) is 10.6. The minimum absolute atomic E-state index is 0.119. The molecular formula is C17H22N4O. The monoisotopic (exact) mass is 298 g/mol. The lowest BCUT2D eigenvalue weighted by atomic mass is 10.3. The van der Waals surface area contributed by atoms with Crippen molar-refractivity contribution in [1.29, 1.82) is 0 Å². The Kier molecular flexibility index (Phi) is 4.13. The van der Waals surface area contributed by atoms with Crippen LogP contribution in [0.25, 0.3) is 0 Å². The predicted molar refractivity (Wildman–Crippen MR) is 88.9 cm³/mol. The third-order valence-electron chi connectivity index (χ3n) is 3.28. The molecule has 1 aromatic heterocycles. The van der Waals surface area contributed by atoms with Crippen LogP contribution in [0.2, 0.25) is 0 Å². The molecule has 5 nitrogen and oxygen atoms in total. The van der Waals surface area contributed by atoms with Gasteiger partial charge in [0.2, 0.25) is 5.95 Å². The van der Waals surface area contributed by atoms with Crippen molar-refractivity contribution in [3.8, 4) is 5.75 Å². The van der Waals surface area contributed by atoms with Gasteiger partial charge in [-0.3, -0.25) is 0 Å². The van der Waals surface area contributed by atoms with Crippen molar-refractivity contribution in [3.05, 3.63) is 36.0 Å². The van der Waals surface area contributed by atoms with Crippen LogP contribution in [-0.2, 0) is 0 Å². The van der Waals surface area contributed by atoms with Gasteiger partial charge >= 0.3 is 0 Å². The molecule has 0 aliphatic heterocycles. The SMILES string of the molecule is Cc1cc(NC2CC2)nc(Nc2ccccc2OC(C)C)n1. The second kappa shape index (κ2) is 6.22. The summed E-state index contributed by atoms with van der Waals surface area (Å²) in [4.78, 5) is 9.00. The van der Waals surface area contributed by atoms with E-state index in [0.717, 1.165) is 22.9 Å². The number of para-hydroxylation sites is 2. The minimum atomic E-state index is 0.119. The summed E-state index contributed by atoms with van der Waals surface area (Å²) >= 11 is 0. The summed E-state index contributed by atoms with van der Waals surface area (Å²) in [7, 11) is 0. The molecule has 0 radical (unpaired) electrons. The number of ether oxygens (including phenoxy) is 1. The average Bonchev–Trinajstić information content (AvgIpc) is 3.24. The highest BCUT2D eigenvalue weighted by Gasteiger charge is 2.21. The van der Waals surface area contributed by atoms with Crippen LogP contribution < -0.4 is 15.4 Å². The van der Waals surface area contributed by atoms with E-state index in [4.69, 9.17) is 4.74 Å². The molecule has 1 aromatic carbocycles. The van der Waals surface area contributed by atoms with Crippen LogP contribution in [0.4, 0.5) is 17.5 Å². The zero-order chi connectivity index (χ0) is 15.5. The lowest BCUT2D eigenvalue weighted by molar-refractivity contribution is 0.244. The van der Waals surface area contributed by atoms with E-state index in [2.05, 4.69) is 20.6 Å². The topological polar surface area (TPSA) is 59.1 Å². The standard InChI is InChI=1S/C17H22N4O/c1-11(2)22-15-7-5-4-6-14(15)20-17-18-12(3)10-16(21-17)19-13-8-9-13/h4-7,10-11,13H,8-9H2,1-3H3,(H2,18,19,20,21). The van der Waals surface area contributed by atoms with E-state index in [1.165, 1.54) is 12.8 Å². The third-order valence-corrected chi connectivity index (χ3v) is 3.28. The molecular weight excluding hydrogens is 276 g/mol. The highest BCUT2D eigenvalue weighted by molar-refractivity contribution is 5.63. The van der Waals surface area contributed by atoms with Crippen LogP contribution in [0.5, 0.6) is 5.75 Å². The number of anilines is 3. The Bertz CT molecular complexity index is 653. The molecule has 2 N–H and O–H groups in total. The van der Waals surface area contributed by atoms with Crippen molar-refractivity contribution in [2.75, 3.05) is 10.6 Å². The molecule has 116 valence electrons. The second-order valence-corrected chi connectivity index (χ2v) is 5.92. The van der Waals surface area contributed by atoms with Crippen molar-refractivity contribution in [1.82, 2.24) is 9.97 Å². The zero-order valence-electron chi connectivity index (χ0n) is 13.3. The van der Waals surface area contributed by atoms with Crippen LogP contribution in [0.1, 0.15) is 32.4 Å². The van der Waals surface area contributed by atoms with E-state index in [1.807, 2.05) is 51.1 Å². The Balaban J connectivity index is 1.81. The van der Waals surface area contributed by atoms with Crippen molar-refractivity contribution in [2.45, 2.75) is 45.8 Å². The van der Waals surface area contributed by atoms with Gasteiger partial charge in [0, 0.05) is 17.8 Å². The van der Waals surface area contributed by atoms with E-state index in [1.54, 1.807) is 0 Å². The van der Waals surface area contributed by atoms with Gasteiger partial charge in [0.1, 0.15) is 11.6 Å². The number of hydrogen-bond donors (Lipinski definition) is 2. The number of rotatable bonds is 6. The Labute approximate surface area is 131 Å². The molecule has 3 rings (SSSR count). The smallest absolute Gasteiger partial charge is 0.229 e. The van der Waals surface area contributed by atoms with E-state index < -0.39 is 0 Å². The molecule has 0 spiro atoms. The first-order valence-corrected chi connectivity index (χ1v) is 7.75. The number of nitrogens with one attached hydrogen (secondary N) is 2. The molecule has 1 heterocycles.